The van der Waals surface area contributed by atoms with Gasteiger partial charge in [-0.05, 0) is 32.6 Å². The Bertz CT molecular complexity index is 313. The van der Waals surface area contributed by atoms with Gasteiger partial charge in [-0.15, -0.1) is 0 Å². The molecule has 1 aromatic heterocycles. The van der Waals surface area contributed by atoms with E-state index in [0.717, 1.165) is 31.4 Å². The first-order chi connectivity index (χ1) is 6.13. The summed E-state index contributed by atoms with van der Waals surface area (Å²) in [5.74, 6) is 0. The number of nitrogens with zero attached hydrogens (tertiary/aromatic N) is 2. The molecule has 1 aliphatic carbocycles. The molecule has 0 unspecified atom stereocenters. The molecule has 0 spiro atoms. The maximum absolute atomic E-state index is 10.2. The molecule has 3 N–H and O–H groups in total. The van der Waals surface area contributed by atoms with Crippen LogP contribution in [0.2, 0.25) is 0 Å². The summed E-state index contributed by atoms with van der Waals surface area (Å²) in [7, 11) is 0. The van der Waals surface area contributed by atoms with Crippen molar-refractivity contribution in [3.63, 3.8) is 0 Å². The molecule has 0 bridgehead atoms. The molecule has 4 heteroatoms. The van der Waals surface area contributed by atoms with Crippen LogP contribution >= 0.6 is 0 Å². The highest BCUT2D eigenvalue weighted by Gasteiger charge is 2.34. The monoisotopic (exact) mass is 181 g/mol. The van der Waals surface area contributed by atoms with Crippen molar-refractivity contribution in [3.8, 4) is 0 Å². The Morgan fingerprint density at radius 1 is 1.54 bits per heavy atom. The fourth-order valence-electron chi connectivity index (χ4n) is 1.99. The number of nitrogen functional groups attached to an aromatic ring is 1. The van der Waals surface area contributed by atoms with E-state index in [-0.39, 0.29) is 0 Å². The van der Waals surface area contributed by atoms with Gasteiger partial charge in [-0.1, -0.05) is 0 Å². The second-order valence-corrected chi connectivity index (χ2v) is 3.79. The molecule has 1 aromatic rings. The first-order valence-corrected chi connectivity index (χ1v) is 4.66. The highest BCUT2D eigenvalue weighted by molar-refractivity contribution is 5.40. The normalized spacial score (nSPS) is 20.8. The Labute approximate surface area is 77.4 Å². The number of anilines is 1. The molecular weight excluding hydrogens is 166 g/mol. The van der Waals surface area contributed by atoms with Gasteiger partial charge in [0.05, 0.1) is 17.6 Å². The van der Waals surface area contributed by atoms with Crippen LogP contribution in [-0.2, 0) is 5.72 Å². The molecule has 4 nitrogen and oxygen atoms in total. The first kappa shape index (κ1) is 8.56. The Hall–Kier alpha value is -1.03. The maximum atomic E-state index is 10.2. The first-order valence-electron chi connectivity index (χ1n) is 4.66. The summed E-state index contributed by atoms with van der Waals surface area (Å²) in [6, 6.07) is 0. The molecule has 0 radical (unpaired) electrons. The molecule has 1 fully saturated rings. The van der Waals surface area contributed by atoms with Gasteiger partial charge >= 0.3 is 0 Å². The lowest BCUT2D eigenvalue weighted by atomic mass is 10.2. The van der Waals surface area contributed by atoms with E-state index in [1.807, 2.05) is 6.92 Å². The minimum Gasteiger partial charge on any atom is -0.396 e. The number of aromatic nitrogens is 2. The maximum Gasteiger partial charge on any atom is 0.158 e. The van der Waals surface area contributed by atoms with Crippen LogP contribution in [-0.4, -0.2) is 14.9 Å². The molecule has 1 heterocycles. The molecule has 1 saturated carbocycles. The zero-order chi connectivity index (χ0) is 9.47. The largest absolute Gasteiger partial charge is 0.396 e. The van der Waals surface area contributed by atoms with E-state index in [9.17, 15) is 5.11 Å². The molecule has 0 aliphatic heterocycles. The van der Waals surface area contributed by atoms with Gasteiger partial charge in [0.15, 0.2) is 5.72 Å². The molecule has 1 aliphatic rings. The Balaban J connectivity index is 2.39. The summed E-state index contributed by atoms with van der Waals surface area (Å²) < 4.78 is 1.66. The number of aliphatic hydroxyl groups is 1. The zero-order valence-electron chi connectivity index (χ0n) is 7.82. The van der Waals surface area contributed by atoms with Crippen LogP contribution in [0.3, 0.4) is 0 Å². The van der Waals surface area contributed by atoms with Gasteiger partial charge in [-0.2, -0.15) is 5.10 Å². The predicted octanol–water partition coefficient (Wildman–Crippen LogP) is 0.993. The fraction of sp³-hybridized carbons (Fsp3) is 0.667. The average Bonchev–Trinajstić information content (AvgIpc) is 2.63. The molecule has 13 heavy (non-hydrogen) atoms. The van der Waals surface area contributed by atoms with E-state index < -0.39 is 5.72 Å². The zero-order valence-corrected chi connectivity index (χ0v) is 7.82. The summed E-state index contributed by atoms with van der Waals surface area (Å²) in [6.07, 6.45) is 5.31. The quantitative estimate of drug-likeness (QED) is 0.679. The summed E-state index contributed by atoms with van der Waals surface area (Å²) in [5, 5.41) is 14.3. The lowest BCUT2D eigenvalue weighted by Crippen LogP contribution is -2.31. The molecule has 0 aromatic carbocycles. The second kappa shape index (κ2) is 2.73. The van der Waals surface area contributed by atoms with E-state index >= 15 is 0 Å². The van der Waals surface area contributed by atoms with Crippen LogP contribution in [0.4, 0.5) is 5.69 Å². The van der Waals surface area contributed by atoms with E-state index in [1.165, 1.54) is 0 Å². The Morgan fingerprint density at radius 2 is 2.15 bits per heavy atom. The third-order valence-corrected chi connectivity index (χ3v) is 2.85. The van der Waals surface area contributed by atoms with Crippen molar-refractivity contribution in [1.82, 2.24) is 9.78 Å². The lowest BCUT2D eigenvalue weighted by molar-refractivity contribution is -0.0434. The minimum atomic E-state index is -0.776. The Morgan fingerprint density at radius 3 is 2.62 bits per heavy atom. The number of nitrogens with two attached hydrogens (primary N) is 1. The minimum absolute atomic E-state index is 0.653. The van der Waals surface area contributed by atoms with Gasteiger partial charge in [0.2, 0.25) is 0 Å². The number of rotatable bonds is 1. The number of hydrogen-bond acceptors (Lipinski definition) is 3. The smallest absolute Gasteiger partial charge is 0.158 e. The standard InChI is InChI=1S/C9H15N3O/c1-7-8(10)6-11-12(7)9(13)4-2-3-5-9/h6,13H,2-5,10H2,1H3. The highest BCUT2D eigenvalue weighted by Crippen LogP contribution is 2.34. The van der Waals surface area contributed by atoms with E-state index in [2.05, 4.69) is 5.10 Å². The molecule has 0 atom stereocenters. The summed E-state index contributed by atoms with van der Waals surface area (Å²) in [4.78, 5) is 0. The van der Waals surface area contributed by atoms with Gasteiger partial charge in [-0.3, -0.25) is 0 Å². The number of hydrogen-bond donors (Lipinski definition) is 2. The van der Waals surface area contributed by atoms with Crippen LogP contribution < -0.4 is 5.73 Å². The third-order valence-electron chi connectivity index (χ3n) is 2.85. The van der Waals surface area contributed by atoms with E-state index in [1.54, 1.807) is 10.9 Å². The van der Waals surface area contributed by atoms with Crippen LogP contribution in [0.15, 0.2) is 6.20 Å². The van der Waals surface area contributed by atoms with Gasteiger partial charge in [0, 0.05) is 0 Å². The van der Waals surface area contributed by atoms with Gasteiger partial charge in [-0.25, -0.2) is 4.68 Å². The predicted molar refractivity (Wildman–Crippen MR) is 50.0 cm³/mol. The SMILES string of the molecule is Cc1c(N)cnn1C1(O)CCCC1. The van der Waals surface area contributed by atoms with Gasteiger partial charge in [0.1, 0.15) is 0 Å². The molecule has 0 amide bonds. The van der Waals surface area contributed by atoms with Crippen molar-refractivity contribution in [3.05, 3.63) is 11.9 Å². The third kappa shape index (κ3) is 1.21. The summed E-state index contributed by atoms with van der Waals surface area (Å²) in [6.45, 7) is 1.89. The van der Waals surface area contributed by atoms with Crippen molar-refractivity contribution in [2.45, 2.75) is 38.3 Å². The topological polar surface area (TPSA) is 64.1 Å². The summed E-state index contributed by atoms with van der Waals surface area (Å²) >= 11 is 0. The van der Waals surface area contributed by atoms with Crippen molar-refractivity contribution in [2.75, 3.05) is 5.73 Å². The fourth-order valence-corrected chi connectivity index (χ4v) is 1.99. The van der Waals surface area contributed by atoms with Crippen molar-refractivity contribution < 1.29 is 5.11 Å². The van der Waals surface area contributed by atoms with Gasteiger partial charge in [0.25, 0.3) is 0 Å². The molecule has 0 saturated heterocycles. The Kier molecular flexibility index (Phi) is 1.80. The van der Waals surface area contributed by atoms with E-state index in [0.29, 0.717) is 5.69 Å². The molecule has 2 rings (SSSR count). The average molecular weight is 181 g/mol. The van der Waals surface area contributed by atoms with Crippen molar-refractivity contribution in [1.29, 1.82) is 0 Å². The molecule has 72 valence electrons. The van der Waals surface area contributed by atoms with Crippen LogP contribution in [0.25, 0.3) is 0 Å². The van der Waals surface area contributed by atoms with Gasteiger partial charge < -0.3 is 10.8 Å². The summed E-state index contributed by atoms with van der Waals surface area (Å²) in [5.41, 5.74) is 6.41. The highest BCUT2D eigenvalue weighted by atomic mass is 16.3. The van der Waals surface area contributed by atoms with Crippen LogP contribution in [0.1, 0.15) is 31.4 Å². The van der Waals surface area contributed by atoms with Crippen molar-refractivity contribution in [2.24, 2.45) is 0 Å². The second-order valence-electron chi connectivity index (χ2n) is 3.79. The van der Waals surface area contributed by atoms with Crippen molar-refractivity contribution >= 4 is 5.69 Å². The molecular formula is C9H15N3O. The van der Waals surface area contributed by atoms with Crippen LogP contribution in [0.5, 0.6) is 0 Å². The van der Waals surface area contributed by atoms with E-state index in [4.69, 9.17) is 5.73 Å². The van der Waals surface area contributed by atoms with Crippen LogP contribution in [0, 0.1) is 6.92 Å². The lowest BCUT2D eigenvalue weighted by Gasteiger charge is -2.24.